The van der Waals surface area contributed by atoms with Gasteiger partial charge in [-0.1, -0.05) is 43.3 Å². The Labute approximate surface area is 154 Å². The Balaban J connectivity index is 1.78. The van der Waals surface area contributed by atoms with Crippen molar-refractivity contribution in [3.05, 3.63) is 89.8 Å². The van der Waals surface area contributed by atoms with E-state index in [9.17, 15) is 10.2 Å². The average Bonchev–Trinajstić information content (AvgIpc) is 3.11. The van der Waals surface area contributed by atoms with Crippen LogP contribution in [0.4, 0.5) is 0 Å². The smallest absolute Gasteiger partial charge is 0.127 e. The minimum atomic E-state index is 0.0676. The van der Waals surface area contributed by atoms with Gasteiger partial charge in [0.05, 0.1) is 0 Å². The van der Waals surface area contributed by atoms with Crippen molar-refractivity contribution in [3.63, 3.8) is 0 Å². The van der Waals surface area contributed by atoms with Crippen LogP contribution >= 0.6 is 0 Å². The van der Waals surface area contributed by atoms with Gasteiger partial charge in [-0.15, -0.1) is 0 Å². The Morgan fingerprint density at radius 1 is 1.04 bits per heavy atom. The first-order chi connectivity index (χ1) is 12.7. The second-order valence-electron chi connectivity index (χ2n) is 6.44. The molecule has 3 rings (SSSR count). The number of allylic oxidation sites excluding steroid dienone is 1. The maximum Gasteiger partial charge on any atom is 0.127 e. The summed E-state index contributed by atoms with van der Waals surface area (Å²) in [5.74, 6) is 0.163. The number of hydrogen-bond donors (Lipinski definition) is 2. The first-order valence-corrected chi connectivity index (χ1v) is 9.10. The van der Waals surface area contributed by atoms with Gasteiger partial charge in [0.1, 0.15) is 11.5 Å². The summed E-state index contributed by atoms with van der Waals surface area (Å²) >= 11 is 0. The zero-order valence-corrected chi connectivity index (χ0v) is 15.1. The standard InChI is InChI=1S/C23H25NO2/c1-2-18-13-15-24(17-18)14-7-6-10-21(19-8-4-3-5-9-19)22-12-11-20(25)16-23(22)26/h3-5,8-13,15-17,25-26H,2,6-7,14H2,1H3. The summed E-state index contributed by atoms with van der Waals surface area (Å²) in [6.45, 7) is 3.14. The Morgan fingerprint density at radius 2 is 1.85 bits per heavy atom. The van der Waals surface area contributed by atoms with E-state index in [-0.39, 0.29) is 11.5 Å². The fraction of sp³-hybridized carbons (Fsp3) is 0.217. The van der Waals surface area contributed by atoms with Crippen LogP contribution < -0.4 is 0 Å². The number of unbranched alkanes of at least 4 members (excludes halogenated alkanes) is 1. The molecule has 0 bridgehead atoms. The third-order valence-electron chi connectivity index (χ3n) is 4.55. The zero-order chi connectivity index (χ0) is 18.4. The number of aromatic hydroxyl groups is 2. The molecule has 0 amide bonds. The third kappa shape index (κ3) is 4.37. The molecule has 0 saturated carbocycles. The van der Waals surface area contributed by atoms with Gasteiger partial charge in [-0.05, 0) is 54.2 Å². The normalized spacial score (nSPS) is 11.7. The van der Waals surface area contributed by atoms with Gasteiger partial charge < -0.3 is 14.8 Å². The summed E-state index contributed by atoms with van der Waals surface area (Å²) in [4.78, 5) is 0. The van der Waals surface area contributed by atoms with Crippen LogP contribution in [0, 0.1) is 0 Å². The Hall–Kier alpha value is -2.94. The minimum absolute atomic E-state index is 0.0676. The van der Waals surface area contributed by atoms with Crippen LogP contribution in [0.25, 0.3) is 5.57 Å². The van der Waals surface area contributed by atoms with E-state index in [2.05, 4.69) is 36.0 Å². The van der Waals surface area contributed by atoms with Crippen LogP contribution in [0.1, 0.15) is 36.5 Å². The van der Waals surface area contributed by atoms with Crippen molar-refractivity contribution in [2.45, 2.75) is 32.7 Å². The first kappa shape index (κ1) is 17.9. The molecule has 134 valence electrons. The molecule has 3 nitrogen and oxygen atoms in total. The fourth-order valence-electron chi connectivity index (χ4n) is 3.11. The molecule has 26 heavy (non-hydrogen) atoms. The molecule has 0 aliphatic heterocycles. The molecule has 0 atom stereocenters. The number of phenolic OH excluding ortho intramolecular Hbond substituents is 2. The van der Waals surface area contributed by atoms with Crippen LogP contribution in [0.3, 0.4) is 0 Å². The third-order valence-corrected chi connectivity index (χ3v) is 4.55. The molecule has 3 heteroatoms. The molecule has 0 fully saturated rings. The lowest BCUT2D eigenvalue weighted by Crippen LogP contribution is -1.94. The monoisotopic (exact) mass is 347 g/mol. The molecule has 1 aromatic heterocycles. The van der Waals surface area contributed by atoms with E-state index in [4.69, 9.17) is 0 Å². The van der Waals surface area contributed by atoms with Crippen molar-refractivity contribution in [2.24, 2.45) is 0 Å². The number of phenols is 2. The molecule has 0 unspecified atom stereocenters. The first-order valence-electron chi connectivity index (χ1n) is 9.10. The van der Waals surface area contributed by atoms with E-state index < -0.39 is 0 Å². The van der Waals surface area contributed by atoms with Gasteiger partial charge >= 0.3 is 0 Å². The van der Waals surface area contributed by atoms with Gasteiger partial charge in [0.2, 0.25) is 0 Å². The van der Waals surface area contributed by atoms with Crippen molar-refractivity contribution in [1.29, 1.82) is 0 Å². The predicted molar refractivity (Wildman–Crippen MR) is 106 cm³/mol. The summed E-state index contributed by atoms with van der Waals surface area (Å²) in [5.41, 5.74) is 4.15. The van der Waals surface area contributed by atoms with Gasteiger partial charge in [-0.25, -0.2) is 0 Å². The Bertz CT molecular complexity index is 878. The minimum Gasteiger partial charge on any atom is -0.508 e. The van der Waals surface area contributed by atoms with E-state index in [1.165, 1.54) is 11.6 Å². The number of benzene rings is 2. The molecule has 0 aliphatic carbocycles. The largest absolute Gasteiger partial charge is 0.508 e. The van der Waals surface area contributed by atoms with E-state index in [1.807, 2.05) is 30.3 Å². The number of aryl methyl sites for hydroxylation is 2. The molecule has 0 aliphatic rings. The van der Waals surface area contributed by atoms with Gasteiger partial charge in [0.25, 0.3) is 0 Å². The van der Waals surface area contributed by atoms with Crippen LogP contribution in [0.5, 0.6) is 11.5 Å². The summed E-state index contributed by atoms with van der Waals surface area (Å²) in [5, 5.41) is 19.9. The second-order valence-corrected chi connectivity index (χ2v) is 6.44. The van der Waals surface area contributed by atoms with Crippen LogP contribution in [0.15, 0.2) is 73.1 Å². The van der Waals surface area contributed by atoms with Crippen LogP contribution in [0.2, 0.25) is 0 Å². The number of hydrogen-bond acceptors (Lipinski definition) is 2. The van der Waals surface area contributed by atoms with Crippen molar-refractivity contribution in [3.8, 4) is 11.5 Å². The fourth-order valence-corrected chi connectivity index (χ4v) is 3.11. The molecule has 1 heterocycles. The summed E-state index contributed by atoms with van der Waals surface area (Å²) in [6.07, 6.45) is 9.49. The second kappa shape index (κ2) is 8.43. The molecular formula is C23H25NO2. The van der Waals surface area contributed by atoms with Crippen LogP contribution in [-0.4, -0.2) is 14.8 Å². The molecule has 2 aromatic carbocycles. The highest BCUT2D eigenvalue weighted by Crippen LogP contribution is 2.33. The summed E-state index contributed by atoms with van der Waals surface area (Å²) < 4.78 is 2.23. The Kier molecular flexibility index (Phi) is 5.80. The molecule has 3 aromatic rings. The van der Waals surface area contributed by atoms with Gasteiger partial charge in [-0.2, -0.15) is 0 Å². The van der Waals surface area contributed by atoms with Gasteiger partial charge in [0.15, 0.2) is 0 Å². The van der Waals surface area contributed by atoms with Gasteiger partial charge in [-0.3, -0.25) is 0 Å². The van der Waals surface area contributed by atoms with Crippen molar-refractivity contribution in [2.75, 3.05) is 0 Å². The lowest BCUT2D eigenvalue weighted by molar-refractivity contribution is 0.449. The van der Waals surface area contributed by atoms with Crippen molar-refractivity contribution in [1.82, 2.24) is 4.57 Å². The topological polar surface area (TPSA) is 45.4 Å². The van der Waals surface area contributed by atoms with E-state index in [0.29, 0.717) is 0 Å². The predicted octanol–water partition coefficient (Wildman–Crippen LogP) is 5.37. The lowest BCUT2D eigenvalue weighted by Gasteiger charge is -2.11. The van der Waals surface area contributed by atoms with Crippen molar-refractivity contribution >= 4 is 5.57 Å². The Morgan fingerprint density at radius 3 is 2.54 bits per heavy atom. The molecule has 0 saturated heterocycles. The van der Waals surface area contributed by atoms with Crippen LogP contribution in [-0.2, 0) is 13.0 Å². The highest BCUT2D eigenvalue weighted by atomic mass is 16.3. The average molecular weight is 347 g/mol. The molecule has 2 N–H and O–H groups in total. The summed E-state index contributed by atoms with van der Waals surface area (Å²) in [6, 6.07) is 17.0. The quantitative estimate of drug-likeness (QED) is 0.564. The highest BCUT2D eigenvalue weighted by molar-refractivity contribution is 5.82. The number of rotatable bonds is 7. The van der Waals surface area contributed by atoms with Crippen molar-refractivity contribution < 1.29 is 10.2 Å². The summed E-state index contributed by atoms with van der Waals surface area (Å²) in [7, 11) is 0. The molecule has 0 radical (unpaired) electrons. The van der Waals surface area contributed by atoms with E-state index >= 15 is 0 Å². The lowest BCUT2D eigenvalue weighted by atomic mass is 9.95. The maximum absolute atomic E-state index is 10.3. The van der Waals surface area contributed by atoms with E-state index in [0.717, 1.165) is 42.5 Å². The SMILES string of the molecule is CCc1ccn(CCCC=C(c2ccccc2)c2ccc(O)cc2O)c1. The zero-order valence-electron chi connectivity index (χ0n) is 15.1. The maximum atomic E-state index is 10.3. The molecule has 0 spiro atoms. The van der Waals surface area contributed by atoms with E-state index in [1.54, 1.807) is 12.1 Å². The highest BCUT2D eigenvalue weighted by Gasteiger charge is 2.10. The number of aromatic nitrogens is 1. The van der Waals surface area contributed by atoms with Gasteiger partial charge in [0, 0.05) is 30.6 Å². The number of nitrogens with zero attached hydrogens (tertiary/aromatic N) is 1. The molecular weight excluding hydrogens is 322 g/mol.